The highest BCUT2D eigenvalue weighted by molar-refractivity contribution is 7.99. The maximum Gasteiger partial charge on any atom is 0.227 e. The molecular formula is C33H31N3O4S. The summed E-state index contributed by atoms with van der Waals surface area (Å²) in [5.41, 5.74) is 5.72. The van der Waals surface area contributed by atoms with Gasteiger partial charge in [0, 0.05) is 35.5 Å². The third kappa shape index (κ3) is 5.86. The molecule has 3 aromatic carbocycles. The van der Waals surface area contributed by atoms with E-state index in [0.717, 1.165) is 41.9 Å². The van der Waals surface area contributed by atoms with Crippen molar-refractivity contribution >= 4 is 23.4 Å². The van der Waals surface area contributed by atoms with E-state index in [-0.39, 0.29) is 5.91 Å². The molecule has 1 aliphatic rings. The normalized spacial score (nSPS) is 12.3. The molecule has 1 aliphatic heterocycles. The summed E-state index contributed by atoms with van der Waals surface area (Å²) in [7, 11) is 4.68. The van der Waals surface area contributed by atoms with Crippen LogP contribution in [0.25, 0.3) is 22.4 Å². The smallest absolute Gasteiger partial charge is 0.227 e. The Morgan fingerprint density at radius 3 is 2.34 bits per heavy atom. The molecule has 8 heteroatoms. The first-order chi connectivity index (χ1) is 20.1. The summed E-state index contributed by atoms with van der Waals surface area (Å²) >= 11 is 1.42. The molecule has 5 rings (SSSR count). The van der Waals surface area contributed by atoms with Crippen LogP contribution in [-0.4, -0.2) is 44.5 Å². The number of carbonyl (C=O) groups excluding carboxylic acids is 1. The Bertz CT molecular complexity index is 1580. The summed E-state index contributed by atoms with van der Waals surface area (Å²) in [5, 5.41) is 10.9. The molecular weight excluding hydrogens is 534 g/mol. The summed E-state index contributed by atoms with van der Waals surface area (Å²) in [6.07, 6.45) is 2.27. The van der Waals surface area contributed by atoms with E-state index in [0.29, 0.717) is 45.6 Å². The third-order valence-electron chi connectivity index (χ3n) is 7.11. The minimum Gasteiger partial charge on any atom is -0.493 e. The van der Waals surface area contributed by atoms with E-state index in [1.807, 2.05) is 71.6 Å². The van der Waals surface area contributed by atoms with E-state index in [1.165, 1.54) is 17.3 Å². The molecule has 0 N–H and O–H groups in total. The zero-order valence-electron chi connectivity index (χ0n) is 23.3. The lowest BCUT2D eigenvalue weighted by atomic mass is 9.98. The molecule has 4 aromatic rings. The second kappa shape index (κ2) is 12.8. The lowest BCUT2D eigenvalue weighted by Gasteiger charge is -2.29. The Labute approximate surface area is 244 Å². The number of nitriles is 1. The van der Waals surface area contributed by atoms with Gasteiger partial charge >= 0.3 is 0 Å². The number of fused-ring (bicyclic) bond motifs is 1. The van der Waals surface area contributed by atoms with Gasteiger partial charge in [-0.2, -0.15) is 5.26 Å². The molecule has 0 saturated carbocycles. The van der Waals surface area contributed by atoms with Crippen molar-refractivity contribution in [3.05, 3.63) is 83.9 Å². The highest BCUT2D eigenvalue weighted by atomic mass is 32.2. The number of ether oxygens (including phenoxy) is 3. The molecule has 0 spiro atoms. The number of anilines is 1. The number of thioether (sulfide) groups is 1. The van der Waals surface area contributed by atoms with Crippen molar-refractivity contribution in [2.75, 3.05) is 38.5 Å². The molecule has 0 unspecified atom stereocenters. The van der Waals surface area contributed by atoms with Gasteiger partial charge < -0.3 is 19.1 Å². The van der Waals surface area contributed by atoms with Crippen LogP contribution in [0.3, 0.4) is 0 Å². The van der Waals surface area contributed by atoms with Crippen molar-refractivity contribution in [2.24, 2.45) is 0 Å². The van der Waals surface area contributed by atoms with Crippen LogP contribution in [0.5, 0.6) is 17.2 Å². The molecule has 208 valence electrons. The van der Waals surface area contributed by atoms with Crippen LogP contribution in [0.1, 0.15) is 24.0 Å². The van der Waals surface area contributed by atoms with E-state index in [9.17, 15) is 10.1 Å². The quantitative estimate of drug-likeness (QED) is 0.207. The molecule has 7 nitrogen and oxygen atoms in total. The zero-order chi connectivity index (χ0) is 28.8. The van der Waals surface area contributed by atoms with Gasteiger partial charge in [0.05, 0.1) is 32.6 Å². The number of pyridine rings is 1. The van der Waals surface area contributed by atoms with E-state index < -0.39 is 0 Å². The van der Waals surface area contributed by atoms with Gasteiger partial charge in [-0.3, -0.25) is 4.79 Å². The molecule has 0 bridgehead atoms. The minimum absolute atomic E-state index is 0.0761. The third-order valence-corrected chi connectivity index (χ3v) is 8.09. The molecule has 1 amide bonds. The van der Waals surface area contributed by atoms with Crippen molar-refractivity contribution in [1.82, 2.24) is 4.98 Å². The van der Waals surface area contributed by atoms with Gasteiger partial charge in [-0.25, -0.2) is 4.98 Å². The van der Waals surface area contributed by atoms with E-state index in [2.05, 4.69) is 12.1 Å². The van der Waals surface area contributed by atoms with Crippen molar-refractivity contribution in [3.63, 3.8) is 0 Å². The number of rotatable bonds is 9. The number of aromatic nitrogens is 1. The molecule has 1 aromatic heterocycles. The Balaban J connectivity index is 1.50. The molecule has 2 heterocycles. The first-order valence-corrected chi connectivity index (χ1v) is 14.4. The summed E-state index contributed by atoms with van der Waals surface area (Å²) in [6.45, 7) is 0.719. The molecule has 0 saturated heterocycles. The molecule has 0 atom stereocenters. The van der Waals surface area contributed by atoms with Crippen molar-refractivity contribution < 1.29 is 19.0 Å². The van der Waals surface area contributed by atoms with Gasteiger partial charge in [0.2, 0.25) is 11.7 Å². The Hall–Kier alpha value is -4.48. The van der Waals surface area contributed by atoms with Crippen molar-refractivity contribution in [1.29, 1.82) is 5.26 Å². The summed E-state index contributed by atoms with van der Waals surface area (Å²) in [5.74, 6) is 2.02. The van der Waals surface area contributed by atoms with Gasteiger partial charge in [-0.1, -0.05) is 48.5 Å². The maximum absolute atomic E-state index is 13.3. The molecule has 0 radical (unpaired) electrons. The van der Waals surface area contributed by atoms with E-state index >= 15 is 0 Å². The fraction of sp³-hybridized carbons (Fsp3) is 0.242. The lowest BCUT2D eigenvalue weighted by molar-refractivity contribution is -0.118. The maximum atomic E-state index is 13.3. The number of aryl methyl sites for hydroxylation is 1. The van der Waals surface area contributed by atoms with E-state index in [1.54, 1.807) is 21.3 Å². The van der Waals surface area contributed by atoms with Crippen LogP contribution in [-0.2, 0) is 11.2 Å². The van der Waals surface area contributed by atoms with Gasteiger partial charge in [0.1, 0.15) is 11.1 Å². The van der Waals surface area contributed by atoms with Crippen LogP contribution in [0.2, 0.25) is 0 Å². The zero-order valence-corrected chi connectivity index (χ0v) is 24.2. The average molecular weight is 566 g/mol. The second-order valence-corrected chi connectivity index (χ2v) is 10.6. The van der Waals surface area contributed by atoms with Gasteiger partial charge in [0.25, 0.3) is 0 Å². The standard InChI is InChI=1S/C33H31N3O4S/c1-38-29-18-24(19-30(39-2)32(29)40-3)25-20-27(22-10-5-4-6-11-22)35-33(26(25)21-34)41-17-15-31(37)36-16-9-13-23-12-7-8-14-28(23)36/h4-8,10-12,14,18-20H,9,13,15-17H2,1-3H3. The Kier molecular flexibility index (Phi) is 8.76. The summed E-state index contributed by atoms with van der Waals surface area (Å²) in [4.78, 5) is 20.1. The van der Waals surface area contributed by atoms with Crippen molar-refractivity contribution in [3.8, 4) is 45.7 Å². The predicted octanol–water partition coefficient (Wildman–Crippen LogP) is 6.77. The molecule has 41 heavy (non-hydrogen) atoms. The predicted molar refractivity (Wildman–Crippen MR) is 162 cm³/mol. The topological polar surface area (TPSA) is 84.7 Å². The summed E-state index contributed by atoms with van der Waals surface area (Å²) < 4.78 is 16.7. The molecule has 0 fully saturated rings. The number of carbonyl (C=O) groups is 1. The second-order valence-electron chi connectivity index (χ2n) is 9.50. The highest BCUT2D eigenvalue weighted by Crippen LogP contribution is 2.43. The number of nitrogens with zero attached hydrogens (tertiary/aromatic N) is 3. The van der Waals surface area contributed by atoms with Crippen LogP contribution in [0, 0.1) is 11.3 Å². The molecule has 0 aliphatic carbocycles. The number of methoxy groups -OCH3 is 3. The first kappa shape index (κ1) is 28.1. The number of hydrogen-bond acceptors (Lipinski definition) is 7. The van der Waals surface area contributed by atoms with Crippen LogP contribution < -0.4 is 19.1 Å². The summed E-state index contributed by atoms with van der Waals surface area (Å²) in [6, 6.07) is 25.9. The fourth-order valence-corrected chi connectivity index (χ4v) is 6.05. The Morgan fingerprint density at radius 1 is 0.951 bits per heavy atom. The Morgan fingerprint density at radius 2 is 1.66 bits per heavy atom. The highest BCUT2D eigenvalue weighted by Gasteiger charge is 2.23. The number of hydrogen-bond donors (Lipinski definition) is 0. The lowest BCUT2D eigenvalue weighted by Crippen LogP contribution is -2.35. The number of amides is 1. The number of benzene rings is 3. The van der Waals surface area contributed by atoms with Gasteiger partial charge in [-0.05, 0) is 48.2 Å². The fourth-order valence-electron chi connectivity index (χ4n) is 5.12. The first-order valence-electron chi connectivity index (χ1n) is 13.4. The van der Waals surface area contributed by atoms with Gasteiger partial charge in [0.15, 0.2) is 11.5 Å². The van der Waals surface area contributed by atoms with E-state index in [4.69, 9.17) is 19.2 Å². The minimum atomic E-state index is 0.0761. The number of para-hydroxylation sites is 1. The van der Waals surface area contributed by atoms with Crippen LogP contribution in [0.4, 0.5) is 5.69 Å². The monoisotopic (exact) mass is 565 g/mol. The largest absolute Gasteiger partial charge is 0.493 e. The van der Waals surface area contributed by atoms with Crippen LogP contribution in [0.15, 0.2) is 77.8 Å². The van der Waals surface area contributed by atoms with Crippen LogP contribution >= 0.6 is 11.8 Å². The average Bonchev–Trinajstić information content (AvgIpc) is 3.03. The van der Waals surface area contributed by atoms with Gasteiger partial charge in [-0.15, -0.1) is 11.8 Å². The SMILES string of the molecule is COc1cc(-c2cc(-c3ccccc3)nc(SCCC(=O)N3CCCc4ccccc43)c2C#N)cc(OC)c1OC. The van der Waals surface area contributed by atoms with Crippen molar-refractivity contribution in [2.45, 2.75) is 24.3 Å².